The number of amides is 1. The second kappa shape index (κ2) is 10.3. The number of morpholine rings is 1. The van der Waals surface area contributed by atoms with Crippen LogP contribution in [0, 0.1) is 11.3 Å². The van der Waals surface area contributed by atoms with Crippen LogP contribution in [0.1, 0.15) is 25.0 Å². The molecule has 2 fully saturated rings. The average molecular weight is 570 g/mol. The van der Waals surface area contributed by atoms with E-state index in [2.05, 4.69) is 4.90 Å². The van der Waals surface area contributed by atoms with E-state index in [4.69, 9.17) is 22.2 Å². The van der Waals surface area contributed by atoms with Crippen molar-refractivity contribution in [1.29, 1.82) is 5.26 Å². The molecule has 2 aliphatic rings. The summed E-state index contributed by atoms with van der Waals surface area (Å²) in [5.74, 6) is -0.536. The highest BCUT2D eigenvalue weighted by Crippen LogP contribution is 2.40. The summed E-state index contributed by atoms with van der Waals surface area (Å²) in [4.78, 5) is 31.8. The lowest BCUT2D eigenvalue weighted by Crippen LogP contribution is -2.44. The zero-order valence-electron chi connectivity index (χ0n) is 21.9. The molecule has 1 amide bonds. The van der Waals surface area contributed by atoms with Crippen LogP contribution in [-0.2, 0) is 22.3 Å². The first-order valence-electron chi connectivity index (χ1n) is 12.7. The molecule has 2 aromatic carbocycles. The molecule has 0 spiro atoms. The van der Waals surface area contributed by atoms with Gasteiger partial charge in [-0.3, -0.25) is 19.4 Å². The number of alkyl halides is 3. The highest BCUT2D eigenvalue weighted by Gasteiger charge is 2.50. The minimum absolute atomic E-state index is 0.0317. The Balaban J connectivity index is 1.50. The fourth-order valence-electron chi connectivity index (χ4n) is 5.12. The van der Waals surface area contributed by atoms with Crippen LogP contribution >= 0.6 is 12.2 Å². The second-order valence-electron chi connectivity index (χ2n) is 10.2. The number of nitrogens with zero attached hydrogens (tertiary/aromatic N) is 5. The highest BCUT2D eigenvalue weighted by molar-refractivity contribution is 7.81. The van der Waals surface area contributed by atoms with E-state index < -0.39 is 28.7 Å². The van der Waals surface area contributed by atoms with Crippen LogP contribution in [0.2, 0.25) is 0 Å². The van der Waals surface area contributed by atoms with Gasteiger partial charge in [0.2, 0.25) is 0 Å². The zero-order valence-corrected chi connectivity index (χ0v) is 22.7. The average Bonchev–Trinajstić information content (AvgIpc) is 3.10. The Morgan fingerprint density at radius 1 is 1.02 bits per heavy atom. The fraction of sp³-hybridized carbons (Fsp3) is 0.357. The normalized spacial score (nSPS) is 18.0. The Labute approximate surface area is 233 Å². The number of ether oxygens (including phenoxy) is 1. The third kappa shape index (κ3) is 4.85. The molecule has 0 unspecified atom stereocenters. The number of thiocarbonyl (C=S) groups is 1. The Morgan fingerprint density at radius 3 is 2.40 bits per heavy atom. The van der Waals surface area contributed by atoms with Crippen LogP contribution in [-0.4, -0.2) is 58.9 Å². The first-order chi connectivity index (χ1) is 18.9. The summed E-state index contributed by atoms with van der Waals surface area (Å²) in [5.41, 5.74) is -2.79. The minimum Gasteiger partial charge on any atom is -0.379 e. The molecule has 0 saturated carbocycles. The second-order valence-corrected chi connectivity index (χ2v) is 10.6. The molecule has 8 nitrogen and oxygen atoms in total. The van der Waals surface area contributed by atoms with Crippen molar-refractivity contribution in [2.75, 3.05) is 42.6 Å². The van der Waals surface area contributed by atoms with Crippen molar-refractivity contribution in [2.24, 2.45) is 0 Å². The Bertz CT molecular complexity index is 1610. The van der Waals surface area contributed by atoms with Crippen LogP contribution in [0.3, 0.4) is 0 Å². The van der Waals surface area contributed by atoms with Gasteiger partial charge in [-0.05, 0) is 67.8 Å². The monoisotopic (exact) mass is 569 g/mol. The van der Waals surface area contributed by atoms with Crippen molar-refractivity contribution in [1.82, 2.24) is 9.47 Å². The van der Waals surface area contributed by atoms with E-state index >= 15 is 0 Å². The summed E-state index contributed by atoms with van der Waals surface area (Å²) in [6.07, 6.45) is -3.04. The van der Waals surface area contributed by atoms with E-state index in [1.54, 1.807) is 53.8 Å². The van der Waals surface area contributed by atoms with E-state index in [0.717, 1.165) is 30.1 Å². The van der Waals surface area contributed by atoms with E-state index in [1.165, 1.54) is 6.07 Å². The summed E-state index contributed by atoms with van der Waals surface area (Å²) < 4.78 is 47.9. The van der Waals surface area contributed by atoms with Crippen molar-refractivity contribution < 1.29 is 22.7 Å². The minimum atomic E-state index is -4.79. The molecular weight excluding hydrogens is 543 g/mol. The van der Waals surface area contributed by atoms with E-state index in [-0.39, 0.29) is 16.4 Å². The van der Waals surface area contributed by atoms with Crippen LogP contribution in [0.15, 0.2) is 53.5 Å². The number of pyridine rings is 1. The Hall–Kier alpha value is -3.79. The Kier molecular flexibility index (Phi) is 7.16. The van der Waals surface area contributed by atoms with Crippen molar-refractivity contribution in [2.45, 2.75) is 32.1 Å². The van der Waals surface area contributed by atoms with Gasteiger partial charge in [-0.2, -0.15) is 18.4 Å². The van der Waals surface area contributed by atoms with Crippen molar-refractivity contribution in [3.8, 4) is 6.07 Å². The number of hydrogen-bond donors (Lipinski definition) is 0. The molecule has 0 atom stereocenters. The molecule has 2 saturated heterocycles. The number of fused-ring (bicyclic) bond motifs is 1. The summed E-state index contributed by atoms with van der Waals surface area (Å²) in [6.45, 7) is 7.38. The van der Waals surface area contributed by atoms with Crippen LogP contribution < -0.4 is 15.4 Å². The maximum absolute atomic E-state index is 13.6. The van der Waals surface area contributed by atoms with Crippen LogP contribution in [0.25, 0.3) is 10.8 Å². The summed E-state index contributed by atoms with van der Waals surface area (Å²) in [6, 6.07) is 11.6. The predicted molar refractivity (Wildman–Crippen MR) is 148 cm³/mol. The van der Waals surface area contributed by atoms with Crippen molar-refractivity contribution in [3.05, 3.63) is 70.1 Å². The smallest absolute Gasteiger partial charge is 0.379 e. The van der Waals surface area contributed by atoms with Crippen molar-refractivity contribution in [3.63, 3.8) is 0 Å². The molecular formula is C28H26F3N5O3S. The van der Waals surface area contributed by atoms with Gasteiger partial charge in [0.05, 0.1) is 36.1 Å². The van der Waals surface area contributed by atoms with E-state index in [0.29, 0.717) is 42.8 Å². The highest BCUT2D eigenvalue weighted by atomic mass is 32.1. The molecule has 2 aliphatic heterocycles. The number of nitriles is 1. The van der Waals surface area contributed by atoms with Crippen LogP contribution in [0.4, 0.5) is 24.5 Å². The van der Waals surface area contributed by atoms with Crippen LogP contribution in [0.5, 0.6) is 0 Å². The number of benzene rings is 2. The number of hydrogen-bond acceptors (Lipinski definition) is 6. The van der Waals surface area contributed by atoms with Gasteiger partial charge >= 0.3 is 6.18 Å². The molecule has 3 heterocycles. The summed E-state index contributed by atoms with van der Waals surface area (Å²) in [7, 11) is 0. The van der Waals surface area contributed by atoms with E-state index in [1.807, 2.05) is 6.07 Å². The first-order valence-corrected chi connectivity index (χ1v) is 13.1. The van der Waals surface area contributed by atoms with Gasteiger partial charge in [0.1, 0.15) is 5.54 Å². The van der Waals surface area contributed by atoms with Gasteiger partial charge in [0.15, 0.2) is 5.11 Å². The molecule has 208 valence electrons. The standard InChI is InChI=1S/C28H26F3N5O3S/c1-27(2)25(38)35(20-5-4-19(17-32)23(16-20)28(29,30)31)26(40)36(27)21-6-3-18-7-8-34(24(37)22(18)15-21)10-9-33-11-13-39-14-12-33/h3-8,15-16H,9-14H2,1-2H3. The lowest BCUT2D eigenvalue weighted by molar-refractivity contribution is -0.137. The predicted octanol–water partition coefficient (Wildman–Crippen LogP) is 4.14. The molecule has 0 radical (unpaired) electrons. The van der Waals surface area contributed by atoms with E-state index in [9.17, 15) is 22.8 Å². The number of carbonyl (C=O) groups excluding carboxylic acids is 1. The molecule has 1 aromatic heterocycles. The van der Waals surface area contributed by atoms with Gasteiger partial charge in [0, 0.05) is 43.4 Å². The molecule has 12 heteroatoms. The first kappa shape index (κ1) is 27.8. The zero-order chi connectivity index (χ0) is 28.8. The summed E-state index contributed by atoms with van der Waals surface area (Å²) in [5, 5.41) is 10.3. The third-order valence-corrected chi connectivity index (χ3v) is 7.70. The van der Waals surface area contributed by atoms with Gasteiger partial charge in [-0.1, -0.05) is 6.07 Å². The van der Waals surface area contributed by atoms with Gasteiger partial charge in [-0.15, -0.1) is 0 Å². The van der Waals surface area contributed by atoms with Gasteiger partial charge in [0.25, 0.3) is 11.5 Å². The molecule has 0 bridgehead atoms. The topological polar surface area (TPSA) is 81.8 Å². The molecule has 3 aromatic rings. The number of aromatic nitrogens is 1. The molecule has 40 heavy (non-hydrogen) atoms. The molecule has 5 rings (SSSR count). The van der Waals surface area contributed by atoms with Crippen molar-refractivity contribution >= 4 is 45.4 Å². The van der Waals surface area contributed by atoms with Gasteiger partial charge < -0.3 is 14.2 Å². The molecule has 0 aliphatic carbocycles. The third-order valence-electron chi connectivity index (χ3n) is 7.34. The summed E-state index contributed by atoms with van der Waals surface area (Å²) >= 11 is 5.63. The number of halogens is 3. The number of carbonyl (C=O) groups is 1. The number of rotatable bonds is 5. The fourth-order valence-corrected chi connectivity index (χ4v) is 5.64. The lowest BCUT2D eigenvalue weighted by Gasteiger charge is -2.29. The SMILES string of the molecule is CC1(C)C(=O)N(c2ccc(C#N)c(C(F)(F)F)c2)C(=S)N1c1ccc2ccn(CCN3CCOCC3)c(=O)c2c1. The van der Waals surface area contributed by atoms with Gasteiger partial charge in [-0.25, -0.2) is 0 Å². The maximum Gasteiger partial charge on any atom is 0.417 e. The largest absolute Gasteiger partial charge is 0.417 e. The quantitative estimate of drug-likeness (QED) is 0.428. The Morgan fingerprint density at radius 2 is 1.73 bits per heavy atom. The molecule has 0 N–H and O–H groups in total. The lowest BCUT2D eigenvalue weighted by atomic mass is 10.0. The maximum atomic E-state index is 13.6. The number of anilines is 2.